The molecule has 1 unspecified atom stereocenters. The van der Waals surface area contributed by atoms with Crippen LogP contribution in [0, 0.1) is 0 Å². The first-order valence-electron chi connectivity index (χ1n) is 5.99. The van der Waals surface area contributed by atoms with E-state index < -0.39 is 0 Å². The van der Waals surface area contributed by atoms with Crippen molar-refractivity contribution in [2.75, 3.05) is 26.2 Å². The zero-order valence-electron chi connectivity index (χ0n) is 10.1. The van der Waals surface area contributed by atoms with E-state index in [1.807, 2.05) is 0 Å². The Balaban J connectivity index is 1.76. The maximum absolute atomic E-state index is 5.20. The fourth-order valence-corrected chi connectivity index (χ4v) is 2.05. The van der Waals surface area contributed by atoms with Crippen LogP contribution in [-0.4, -0.2) is 56.6 Å². The van der Waals surface area contributed by atoms with Gasteiger partial charge in [-0.15, -0.1) is 0 Å². The molecule has 0 spiro atoms. The van der Waals surface area contributed by atoms with Gasteiger partial charge >= 0.3 is 0 Å². The molecule has 0 aromatic carbocycles. The van der Waals surface area contributed by atoms with Gasteiger partial charge < -0.3 is 9.84 Å². The zero-order valence-corrected chi connectivity index (χ0v) is 10.1. The highest BCUT2D eigenvalue weighted by atomic mass is 16.5. The van der Waals surface area contributed by atoms with Crippen molar-refractivity contribution >= 4 is 0 Å². The van der Waals surface area contributed by atoms with Crippen LogP contribution >= 0.6 is 0 Å². The molecule has 0 aliphatic carbocycles. The number of nitrogens with zero attached hydrogens (tertiary/aromatic N) is 5. The van der Waals surface area contributed by atoms with Crippen LogP contribution in [0.3, 0.4) is 0 Å². The normalized spacial score (nSPS) is 18.9. The minimum absolute atomic E-state index is 0.150. The number of nitrogens with one attached hydrogen (secondary N) is 2. The molecule has 1 saturated heterocycles. The van der Waals surface area contributed by atoms with E-state index in [-0.39, 0.29) is 6.04 Å². The van der Waals surface area contributed by atoms with E-state index in [1.165, 1.54) is 0 Å². The van der Waals surface area contributed by atoms with Crippen molar-refractivity contribution in [3.8, 4) is 11.6 Å². The first-order chi connectivity index (χ1) is 8.84. The van der Waals surface area contributed by atoms with Crippen LogP contribution in [0.25, 0.3) is 11.6 Å². The lowest BCUT2D eigenvalue weighted by Gasteiger charge is -2.30. The quantitative estimate of drug-likeness (QED) is 0.779. The first-order valence-corrected chi connectivity index (χ1v) is 5.99. The van der Waals surface area contributed by atoms with E-state index >= 15 is 0 Å². The van der Waals surface area contributed by atoms with Crippen molar-refractivity contribution in [1.82, 2.24) is 35.8 Å². The highest BCUT2D eigenvalue weighted by molar-refractivity contribution is 5.42. The molecular formula is C10H15N7O. The van der Waals surface area contributed by atoms with Crippen LogP contribution in [0.2, 0.25) is 0 Å². The smallest absolute Gasteiger partial charge is 0.280 e. The molecule has 1 aliphatic heterocycles. The molecule has 8 nitrogen and oxygen atoms in total. The van der Waals surface area contributed by atoms with Gasteiger partial charge in [-0.25, -0.2) is 0 Å². The number of H-pyrrole nitrogens is 1. The first kappa shape index (κ1) is 11.3. The molecule has 0 saturated carbocycles. The summed E-state index contributed by atoms with van der Waals surface area (Å²) in [7, 11) is 0. The number of aromatic amines is 1. The van der Waals surface area contributed by atoms with Gasteiger partial charge in [0, 0.05) is 26.2 Å². The van der Waals surface area contributed by atoms with Gasteiger partial charge in [-0.3, -0.25) is 4.90 Å². The summed E-state index contributed by atoms with van der Waals surface area (Å²) >= 11 is 0. The maximum atomic E-state index is 5.20. The maximum Gasteiger partial charge on any atom is 0.280 e. The SMILES string of the molecule is CC(c1noc(-c2cn[nH]n2)n1)N1CCNCC1. The van der Waals surface area contributed by atoms with E-state index in [1.54, 1.807) is 6.20 Å². The minimum Gasteiger partial charge on any atom is -0.332 e. The van der Waals surface area contributed by atoms with Gasteiger partial charge in [0.1, 0.15) is 0 Å². The van der Waals surface area contributed by atoms with Crippen molar-refractivity contribution in [2.24, 2.45) is 0 Å². The fraction of sp³-hybridized carbons (Fsp3) is 0.600. The lowest BCUT2D eigenvalue weighted by Crippen LogP contribution is -2.44. The second-order valence-electron chi connectivity index (χ2n) is 4.27. The second kappa shape index (κ2) is 4.83. The molecule has 96 valence electrons. The third-order valence-corrected chi connectivity index (χ3v) is 3.15. The lowest BCUT2D eigenvalue weighted by atomic mass is 10.2. The molecule has 1 aliphatic rings. The number of hydrogen-bond donors (Lipinski definition) is 2. The number of piperazine rings is 1. The Kier molecular flexibility index (Phi) is 3.03. The summed E-state index contributed by atoms with van der Waals surface area (Å²) in [6.07, 6.45) is 1.56. The lowest BCUT2D eigenvalue weighted by molar-refractivity contribution is 0.176. The molecule has 2 aromatic heterocycles. The Labute approximate surface area is 104 Å². The highest BCUT2D eigenvalue weighted by Gasteiger charge is 2.23. The molecule has 2 N–H and O–H groups in total. The van der Waals surface area contributed by atoms with Crippen LogP contribution in [0.4, 0.5) is 0 Å². The Hall–Kier alpha value is -1.80. The molecule has 0 bridgehead atoms. The molecule has 1 atom stereocenters. The predicted octanol–water partition coefficient (Wildman–Crippen LogP) is -0.179. The molecule has 8 heteroatoms. The summed E-state index contributed by atoms with van der Waals surface area (Å²) in [6.45, 7) is 6.07. The molecule has 3 rings (SSSR count). The van der Waals surface area contributed by atoms with E-state index in [2.05, 4.69) is 42.7 Å². The Morgan fingerprint density at radius 2 is 2.22 bits per heavy atom. The van der Waals surface area contributed by atoms with Gasteiger partial charge in [-0.2, -0.15) is 20.4 Å². The molecule has 2 aromatic rings. The summed E-state index contributed by atoms with van der Waals surface area (Å²) in [6, 6.07) is 0.150. The van der Waals surface area contributed by atoms with Crippen LogP contribution in [-0.2, 0) is 0 Å². The Morgan fingerprint density at radius 3 is 2.94 bits per heavy atom. The van der Waals surface area contributed by atoms with E-state index in [9.17, 15) is 0 Å². The summed E-state index contributed by atoms with van der Waals surface area (Å²) in [5.74, 6) is 1.09. The van der Waals surface area contributed by atoms with Crippen LogP contribution in [0.1, 0.15) is 18.8 Å². The van der Waals surface area contributed by atoms with Gasteiger partial charge in [0.05, 0.1) is 12.2 Å². The van der Waals surface area contributed by atoms with Gasteiger partial charge in [0.2, 0.25) is 0 Å². The van der Waals surface area contributed by atoms with Gasteiger partial charge in [0.25, 0.3) is 5.89 Å². The number of hydrogen-bond acceptors (Lipinski definition) is 7. The standard InChI is InChI=1S/C10H15N7O/c1-7(17-4-2-11-3-5-17)9-13-10(18-15-9)8-6-12-16-14-8/h6-7,11H,2-5H2,1H3,(H,12,14,16). The van der Waals surface area contributed by atoms with E-state index in [4.69, 9.17) is 4.52 Å². The van der Waals surface area contributed by atoms with Crippen LogP contribution in [0.5, 0.6) is 0 Å². The molecule has 1 fully saturated rings. The van der Waals surface area contributed by atoms with Crippen LogP contribution < -0.4 is 5.32 Å². The van der Waals surface area contributed by atoms with Crippen molar-refractivity contribution in [1.29, 1.82) is 0 Å². The van der Waals surface area contributed by atoms with Gasteiger partial charge in [-0.1, -0.05) is 5.16 Å². The summed E-state index contributed by atoms with van der Waals surface area (Å²) in [4.78, 5) is 6.69. The third-order valence-electron chi connectivity index (χ3n) is 3.15. The second-order valence-corrected chi connectivity index (χ2v) is 4.27. The van der Waals surface area contributed by atoms with Crippen molar-refractivity contribution in [2.45, 2.75) is 13.0 Å². The van der Waals surface area contributed by atoms with Crippen molar-refractivity contribution in [3.05, 3.63) is 12.0 Å². The topological polar surface area (TPSA) is 95.8 Å². The zero-order chi connectivity index (χ0) is 12.4. The fourth-order valence-electron chi connectivity index (χ4n) is 2.05. The minimum atomic E-state index is 0.150. The average molecular weight is 249 g/mol. The van der Waals surface area contributed by atoms with Crippen molar-refractivity contribution < 1.29 is 4.52 Å². The van der Waals surface area contributed by atoms with E-state index in [0.717, 1.165) is 26.2 Å². The Morgan fingerprint density at radius 1 is 1.39 bits per heavy atom. The Bertz CT molecular complexity index is 488. The highest BCUT2D eigenvalue weighted by Crippen LogP contribution is 2.20. The molecular weight excluding hydrogens is 234 g/mol. The van der Waals surface area contributed by atoms with Crippen molar-refractivity contribution in [3.63, 3.8) is 0 Å². The monoisotopic (exact) mass is 249 g/mol. The summed E-state index contributed by atoms with van der Waals surface area (Å²) in [5.41, 5.74) is 0.571. The third kappa shape index (κ3) is 2.12. The average Bonchev–Trinajstić information content (AvgIpc) is 3.09. The number of aromatic nitrogens is 5. The van der Waals surface area contributed by atoms with Crippen LogP contribution in [0.15, 0.2) is 10.7 Å². The largest absolute Gasteiger partial charge is 0.332 e. The van der Waals surface area contributed by atoms with Gasteiger partial charge in [0.15, 0.2) is 11.5 Å². The van der Waals surface area contributed by atoms with Gasteiger partial charge in [-0.05, 0) is 6.92 Å². The molecule has 0 radical (unpaired) electrons. The molecule has 18 heavy (non-hydrogen) atoms. The predicted molar refractivity (Wildman–Crippen MR) is 62.5 cm³/mol. The van der Waals surface area contributed by atoms with E-state index in [0.29, 0.717) is 17.4 Å². The molecule has 0 amide bonds. The number of rotatable bonds is 3. The summed E-state index contributed by atoms with van der Waals surface area (Å²) in [5, 5.41) is 17.5. The summed E-state index contributed by atoms with van der Waals surface area (Å²) < 4.78 is 5.20. The molecule has 3 heterocycles.